The van der Waals surface area contributed by atoms with Gasteiger partial charge in [0.2, 0.25) is 0 Å². The van der Waals surface area contributed by atoms with Gasteiger partial charge in [-0.2, -0.15) is 5.10 Å². The number of rotatable bonds is 3. The van der Waals surface area contributed by atoms with Gasteiger partial charge in [0.25, 0.3) is 0 Å². The van der Waals surface area contributed by atoms with Gasteiger partial charge in [-0.1, -0.05) is 11.6 Å². The molecule has 1 aromatic heterocycles. The third kappa shape index (κ3) is 1.62. The number of hydrogen-bond donors (Lipinski definition) is 1. The second-order valence-electron chi connectivity index (χ2n) is 2.70. The zero-order valence-electron chi connectivity index (χ0n) is 7.63. The smallest absolute Gasteiger partial charge is 0.0834 e. The molecular formula is C8H14ClN3. The summed E-state index contributed by atoms with van der Waals surface area (Å²) in [5.74, 6) is 0. The molecule has 0 aliphatic heterocycles. The highest BCUT2D eigenvalue weighted by atomic mass is 35.5. The predicted octanol–water partition coefficient (Wildman–Crippen LogP) is 1.84. The molecule has 0 bridgehead atoms. The highest BCUT2D eigenvalue weighted by molar-refractivity contribution is 6.31. The molecule has 12 heavy (non-hydrogen) atoms. The molecule has 4 heteroatoms. The Labute approximate surface area is 77.7 Å². The van der Waals surface area contributed by atoms with Crippen molar-refractivity contribution in [3.05, 3.63) is 16.9 Å². The van der Waals surface area contributed by atoms with Crippen LogP contribution in [-0.4, -0.2) is 16.8 Å². The van der Waals surface area contributed by atoms with Gasteiger partial charge in [-0.05, 0) is 20.9 Å². The van der Waals surface area contributed by atoms with Crippen molar-refractivity contribution in [3.63, 3.8) is 0 Å². The van der Waals surface area contributed by atoms with E-state index in [4.69, 9.17) is 11.6 Å². The third-order valence-corrected chi connectivity index (χ3v) is 2.27. The highest BCUT2D eigenvalue weighted by Crippen LogP contribution is 2.21. The Morgan fingerprint density at radius 1 is 1.75 bits per heavy atom. The van der Waals surface area contributed by atoms with E-state index in [1.54, 1.807) is 6.20 Å². The number of nitrogens with zero attached hydrogens (tertiary/aromatic N) is 2. The van der Waals surface area contributed by atoms with E-state index in [1.807, 2.05) is 11.7 Å². The van der Waals surface area contributed by atoms with E-state index in [0.29, 0.717) is 0 Å². The quantitative estimate of drug-likeness (QED) is 0.783. The Hall–Kier alpha value is -0.540. The molecule has 0 amide bonds. The molecule has 1 atom stereocenters. The summed E-state index contributed by atoms with van der Waals surface area (Å²) in [4.78, 5) is 0. The van der Waals surface area contributed by atoms with E-state index in [0.717, 1.165) is 17.3 Å². The summed E-state index contributed by atoms with van der Waals surface area (Å²) in [6, 6.07) is 0.250. The average Bonchev–Trinajstić information content (AvgIpc) is 2.45. The van der Waals surface area contributed by atoms with Gasteiger partial charge in [-0.3, -0.25) is 4.68 Å². The summed E-state index contributed by atoms with van der Waals surface area (Å²) >= 11 is 5.97. The maximum Gasteiger partial charge on any atom is 0.0834 e. The van der Waals surface area contributed by atoms with Gasteiger partial charge in [0.15, 0.2) is 0 Å². The van der Waals surface area contributed by atoms with Crippen molar-refractivity contribution >= 4 is 11.6 Å². The van der Waals surface area contributed by atoms with Gasteiger partial charge in [0, 0.05) is 12.6 Å². The van der Waals surface area contributed by atoms with E-state index in [-0.39, 0.29) is 6.04 Å². The normalized spacial score (nSPS) is 13.3. The largest absolute Gasteiger partial charge is 0.312 e. The van der Waals surface area contributed by atoms with Gasteiger partial charge in [0.1, 0.15) is 0 Å². The molecule has 1 heterocycles. The summed E-state index contributed by atoms with van der Waals surface area (Å²) in [7, 11) is 1.91. The summed E-state index contributed by atoms with van der Waals surface area (Å²) in [5.41, 5.74) is 1.06. The number of hydrogen-bond acceptors (Lipinski definition) is 2. The predicted molar refractivity (Wildman–Crippen MR) is 50.4 cm³/mol. The van der Waals surface area contributed by atoms with Crippen molar-refractivity contribution in [2.75, 3.05) is 7.05 Å². The molecule has 1 aromatic rings. The minimum Gasteiger partial charge on any atom is -0.312 e. The van der Waals surface area contributed by atoms with Crippen molar-refractivity contribution in [3.8, 4) is 0 Å². The van der Waals surface area contributed by atoms with Gasteiger partial charge in [-0.15, -0.1) is 0 Å². The lowest BCUT2D eigenvalue weighted by Crippen LogP contribution is -2.17. The second kappa shape index (κ2) is 3.92. The molecule has 3 nitrogen and oxygen atoms in total. The molecule has 1 unspecified atom stereocenters. The maximum atomic E-state index is 5.97. The van der Waals surface area contributed by atoms with Crippen LogP contribution < -0.4 is 5.32 Å². The van der Waals surface area contributed by atoms with Crippen LogP contribution in [0.25, 0.3) is 0 Å². The maximum absolute atomic E-state index is 5.97. The molecule has 68 valence electrons. The van der Waals surface area contributed by atoms with Crippen LogP contribution in [0, 0.1) is 0 Å². The number of halogens is 1. The molecule has 0 spiro atoms. The Bertz CT molecular complexity index is 257. The van der Waals surface area contributed by atoms with Crippen LogP contribution in [-0.2, 0) is 6.54 Å². The Morgan fingerprint density at radius 2 is 2.42 bits per heavy atom. The van der Waals surface area contributed by atoms with E-state index < -0.39 is 0 Å². The van der Waals surface area contributed by atoms with Gasteiger partial charge in [-0.25, -0.2) is 0 Å². The standard InChI is InChI=1S/C8H14ClN3/c1-4-12-8(6(2)10-3)7(9)5-11-12/h5-6,10H,4H2,1-3H3. The van der Waals surface area contributed by atoms with Crippen molar-refractivity contribution in [2.45, 2.75) is 26.4 Å². The highest BCUT2D eigenvalue weighted by Gasteiger charge is 2.13. The number of nitrogens with one attached hydrogen (secondary N) is 1. The monoisotopic (exact) mass is 187 g/mol. The van der Waals surface area contributed by atoms with Crippen LogP contribution in [0.15, 0.2) is 6.20 Å². The molecule has 0 saturated heterocycles. The van der Waals surface area contributed by atoms with Crippen LogP contribution in [0.1, 0.15) is 25.6 Å². The summed E-state index contributed by atoms with van der Waals surface area (Å²) in [6.45, 7) is 4.97. The molecule has 1 rings (SSSR count). The van der Waals surface area contributed by atoms with Crippen LogP contribution in [0.3, 0.4) is 0 Å². The van der Waals surface area contributed by atoms with Crippen molar-refractivity contribution in [2.24, 2.45) is 0 Å². The summed E-state index contributed by atoms with van der Waals surface area (Å²) < 4.78 is 1.91. The molecule has 0 fully saturated rings. The first kappa shape index (κ1) is 9.55. The fourth-order valence-corrected chi connectivity index (χ4v) is 1.50. The SMILES string of the molecule is CCn1ncc(Cl)c1C(C)NC. The zero-order chi connectivity index (χ0) is 9.14. The van der Waals surface area contributed by atoms with Crippen molar-refractivity contribution in [1.82, 2.24) is 15.1 Å². The van der Waals surface area contributed by atoms with Crippen molar-refractivity contribution in [1.29, 1.82) is 0 Å². The minimum absolute atomic E-state index is 0.250. The summed E-state index contributed by atoms with van der Waals surface area (Å²) in [5, 5.41) is 8.02. The van der Waals surface area contributed by atoms with Crippen LogP contribution in [0.4, 0.5) is 0 Å². The average molecular weight is 188 g/mol. The molecule has 1 N–H and O–H groups in total. The van der Waals surface area contributed by atoms with E-state index in [2.05, 4.69) is 24.3 Å². The van der Waals surface area contributed by atoms with E-state index >= 15 is 0 Å². The molecule has 0 radical (unpaired) electrons. The minimum atomic E-state index is 0.250. The molecule has 0 saturated carbocycles. The lowest BCUT2D eigenvalue weighted by molar-refractivity contribution is 0.544. The Balaban J connectivity index is 3.01. The Morgan fingerprint density at radius 3 is 2.92 bits per heavy atom. The molecule has 0 aromatic carbocycles. The molecular weight excluding hydrogens is 174 g/mol. The first-order valence-corrected chi connectivity index (χ1v) is 4.47. The van der Waals surface area contributed by atoms with E-state index in [1.165, 1.54) is 0 Å². The van der Waals surface area contributed by atoms with Gasteiger partial charge >= 0.3 is 0 Å². The lowest BCUT2D eigenvalue weighted by atomic mass is 10.2. The Kier molecular flexibility index (Phi) is 3.12. The first-order valence-electron chi connectivity index (χ1n) is 4.09. The van der Waals surface area contributed by atoms with Crippen LogP contribution >= 0.6 is 11.6 Å². The topological polar surface area (TPSA) is 29.9 Å². The lowest BCUT2D eigenvalue weighted by Gasteiger charge is -2.12. The van der Waals surface area contributed by atoms with Gasteiger partial charge in [0.05, 0.1) is 16.9 Å². The third-order valence-electron chi connectivity index (χ3n) is 1.98. The van der Waals surface area contributed by atoms with Crippen LogP contribution in [0.5, 0.6) is 0 Å². The van der Waals surface area contributed by atoms with Crippen molar-refractivity contribution < 1.29 is 0 Å². The zero-order valence-corrected chi connectivity index (χ0v) is 8.39. The number of aromatic nitrogens is 2. The van der Waals surface area contributed by atoms with Gasteiger partial charge < -0.3 is 5.32 Å². The first-order chi connectivity index (χ1) is 5.70. The summed E-state index contributed by atoms with van der Waals surface area (Å²) in [6.07, 6.45) is 1.69. The van der Waals surface area contributed by atoms with E-state index in [9.17, 15) is 0 Å². The number of aryl methyl sites for hydroxylation is 1. The second-order valence-corrected chi connectivity index (χ2v) is 3.11. The fraction of sp³-hybridized carbons (Fsp3) is 0.625. The van der Waals surface area contributed by atoms with Crippen LogP contribution in [0.2, 0.25) is 5.02 Å². The molecule has 0 aliphatic carbocycles. The molecule has 0 aliphatic rings. The fourth-order valence-electron chi connectivity index (χ4n) is 1.19.